The molecular weight excluding hydrogens is 1230 g/mol. The number of Topliss-reactive ketones (excluding diaryl/α,β-unsaturated/α-hetero) is 2. The molecule has 0 bridgehead atoms. The van der Waals surface area contributed by atoms with E-state index in [2.05, 4.69) is 82.4 Å². The Balaban J connectivity index is 0.000000128. The molecule has 0 aromatic heterocycles. The molecule has 17 heteroatoms. The zero-order valence-electron chi connectivity index (χ0n) is 52.7. The number of fused-ring (bicyclic) bond motifs is 6. The highest BCUT2D eigenvalue weighted by molar-refractivity contribution is 8.00. The second kappa shape index (κ2) is 28.4. The molecule has 0 unspecified atom stereocenters. The molecule has 6 aliphatic heterocycles. The molecule has 9 aromatic carbocycles. The lowest BCUT2D eigenvalue weighted by Crippen LogP contribution is -2.48. The maximum atomic E-state index is 13.2. The van der Waals surface area contributed by atoms with Crippen LogP contribution in [0.1, 0.15) is 84.4 Å². The molecule has 0 aliphatic carbocycles. The SMILES string of the molecule is COc1ccc(N2CCN(C(=O)c3ccc4c(c3)NC(=O)c3ccccc3S4)CC2)cc1.Cc1ccc(N2CCN(C(=O)c3ccc4c(c3)CC(=O)c3ccccc3S4)CC2)cc1.Cc1ccc(N2CCN(C(=O)c3ccc4c(c3)CC(=O)c3ccccc3S4)CC2)cc1. The van der Waals surface area contributed by atoms with Crippen LogP contribution < -0.4 is 24.8 Å². The topological polar surface area (TPSA) is 143 Å². The molecule has 3 saturated heterocycles. The van der Waals surface area contributed by atoms with E-state index in [1.54, 1.807) is 36.7 Å². The molecule has 0 radical (unpaired) electrons. The van der Waals surface area contributed by atoms with E-state index in [1.165, 1.54) is 34.3 Å². The van der Waals surface area contributed by atoms with Gasteiger partial charge in [-0.25, -0.2) is 0 Å². The second-order valence-corrected chi connectivity index (χ2v) is 27.3. The number of carbonyl (C=O) groups is 6. The van der Waals surface area contributed by atoms with Crippen LogP contribution in [0.2, 0.25) is 0 Å². The average Bonchev–Trinajstić information content (AvgIpc) is 1.62. The predicted molar refractivity (Wildman–Crippen MR) is 375 cm³/mol. The number of benzene rings is 9. The average molecular weight is 1300 g/mol. The van der Waals surface area contributed by atoms with Gasteiger partial charge in [-0.3, -0.25) is 28.8 Å². The Kier molecular flexibility index (Phi) is 19.1. The molecule has 15 rings (SSSR count). The van der Waals surface area contributed by atoms with Crippen molar-refractivity contribution < 1.29 is 33.5 Å². The summed E-state index contributed by atoms with van der Waals surface area (Å²) in [5.74, 6) is 0.985. The van der Waals surface area contributed by atoms with Crippen LogP contribution in [0.3, 0.4) is 0 Å². The number of rotatable bonds is 7. The van der Waals surface area contributed by atoms with Crippen LogP contribution in [0.15, 0.2) is 230 Å². The van der Waals surface area contributed by atoms with E-state index < -0.39 is 0 Å². The van der Waals surface area contributed by atoms with Crippen molar-refractivity contribution in [3.63, 3.8) is 0 Å². The van der Waals surface area contributed by atoms with Crippen LogP contribution in [0.5, 0.6) is 5.75 Å². The van der Waals surface area contributed by atoms with Gasteiger partial charge >= 0.3 is 0 Å². The fourth-order valence-electron chi connectivity index (χ4n) is 12.5. The number of nitrogens with zero attached hydrogens (tertiary/aromatic N) is 6. The van der Waals surface area contributed by atoms with Crippen LogP contribution in [0, 0.1) is 13.8 Å². The third kappa shape index (κ3) is 14.2. The van der Waals surface area contributed by atoms with Gasteiger partial charge in [-0.15, -0.1) is 0 Å². The summed E-state index contributed by atoms with van der Waals surface area (Å²) in [5.41, 5.74) is 12.7. The summed E-state index contributed by atoms with van der Waals surface area (Å²) < 4.78 is 5.23. The van der Waals surface area contributed by atoms with E-state index in [4.69, 9.17) is 4.74 Å². The van der Waals surface area contributed by atoms with E-state index in [1.807, 2.05) is 160 Å². The summed E-state index contributed by atoms with van der Waals surface area (Å²) in [5, 5.41) is 2.97. The first kappa shape index (κ1) is 63.2. The van der Waals surface area contributed by atoms with Gasteiger partial charge in [0.1, 0.15) is 5.75 Å². The van der Waals surface area contributed by atoms with Crippen molar-refractivity contribution in [3.8, 4) is 5.75 Å². The van der Waals surface area contributed by atoms with Crippen molar-refractivity contribution in [2.75, 3.05) is 106 Å². The van der Waals surface area contributed by atoms with E-state index >= 15 is 0 Å². The third-order valence-electron chi connectivity index (χ3n) is 17.9. The zero-order chi connectivity index (χ0) is 64.8. The molecule has 6 aliphatic rings. The van der Waals surface area contributed by atoms with Crippen molar-refractivity contribution in [2.45, 2.75) is 56.1 Å². The number of anilines is 4. The Morgan fingerprint density at radius 2 is 0.713 bits per heavy atom. The number of hydrogen-bond donors (Lipinski definition) is 1. The Hall–Kier alpha value is -9.55. The number of nitrogens with one attached hydrogen (secondary N) is 1. The summed E-state index contributed by atoms with van der Waals surface area (Å²) >= 11 is 4.76. The van der Waals surface area contributed by atoms with Gasteiger partial charge in [0.15, 0.2) is 11.6 Å². The van der Waals surface area contributed by atoms with Crippen LogP contribution in [0.4, 0.5) is 22.7 Å². The van der Waals surface area contributed by atoms with Crippen LogP contribution in [0.25, 0.3) is 0 Å². The molecule has 14 nitrogen and oxygen atoms in total. The maximum Gasteiger partial charge on any atom is 0.256 e. The Bertz CT molecular complexity index is 4160. The number of methoxy groups -OCH3 is 1. The summed E-state index contributed by atoms with van der Waals surface area (Å²) in [6.45, 7) is 13.1. The van der Waals surface area contributed by atoms with Crippen molar-refractivity contribution in [1.29, 1.82) is 0 Å². The van der Waals surface area contributed by atoms with Gasteiger partial charge in [0.05, 0.1) is 18.4 Å². The Morgan fingerprint density at radius 3 is 1.12 bits per heavy atom. The van der Waals surface area contributed by atoms with Gasteiger partial charge in [-0.1, -0.05) is 119 Å². The number of piperazine rings is 3. The third-order valence-corrected chi connectivity index (χ3v) is 21.4. The molecule has 474 valence electrons. The largest absolute Gasteiger partial charge is 0.497 e. The molecule has 0 saturated carbocycles. The van der Waals surface area contributed by atoms with Crippen LogP contribution >= 0.6 is 35.3 Å². The first-order chi connectivity index (χ1) is 45.8. The quantitative estimate of drug-likeness (QED) is 0.162. The number of aryl methyl sites for hydroxylation is 2. The minimum absolute atomic E-state index is 0.0109. The lowest BCUT2D eigenvalue weighted by Gasteiger charge is -2.36. The molecule has 6 heterocycles. The summed E-state index contributed by atoms with van der Waals surface area (Å²) in [4.78, 5) is 96.2. The number of amides is 4. The molecule has 4 amide bonds. The first-order valence-corrected chi connectivity index (χ1v) is 34.2. The van der Waals surface area contributed by atoms with E-state index in [9.17, 15) is 28.8 Å². The van der Waals surface area contributed by atoms with Gasteiger partial charge in [-0.05, 0) is 152 Å². The maximum absolute atomic E-state index is 13.2. The van der Waals surface area contributed by atoms with Crippen molar-refractivity contribution in [2.24, 2.45) is 0 Å². The predicted octanol–water partition coefficient (Wildman–Crippen LogP) is 14.1. The highest BCUT2D eigenvalue weighted by Gasteiger charge is 2.30. The monoisotopic (exact) mass is 1300 g/mol. The normalized spacial score (nSPS) is 15.7. The number of hydrogen-bond acceptors (Lipinski definition) is 13. The first-order valence-electron chi connectivity index (χ1n) is 31.8. The number of carbonyl (C=O) groups excluding carboxylic acids is 6. The lowest BCUT2D eigenvalue weighted by atomic mass is 10.0. The standard InChI is InChI=1S/2C26H24N2O2S.C25H23N3O3S/c2*1-18-6-9-21(10-7-18)27-12-14-28(15-13-27)26(30)19-8-11-24-20(16-19)17-23(29)22-4-2-3-5-25(22)31-24;1-31-19-9-7-18(8-10-19)27-12-14-28(15-13-27)25(30)17-6-11-23-21(16-17)26-24(29)20-4-2-3-5-22(20)32-23/h2*2-11,16H,12-15,17H2,1H3;2-11,16H,12-15H2,1H3,(H,26,29). The highest BCUT2D eigenvalue weighted by atomic mass is 32.2. The van der Waals surface area contributed by atoms with Crippen LogP contribution in [-0.4, -0.2) is 136 Å². The van der Waals surface area contributed by atoms with E-state index in [-0.39, 0.29) is 35.2 Å². The van der Waals surface area contributed by atoms with E-state index in [0.29, 0.717) is 80.1 Å². The van der Waals surface area contributed by atoms with E-state index in [0.717, 1.165) is 102 Å². The van der Waals surface area contributed by atoms with Gasteiger partial charge in [-0.2, -0.15) is 0 Å². The summed E-state index contributed by atoms with van der Waals surface area (Å²) in [6, 6.07) is 65.3. The molecule has 0 atom stereocenters. The van der Waals surface area contributed by atoms with Crippen molar-refractivity contribution in [1.82, 2.24) is 14.7 Å². The molecule has 9 aromatic rings. The van der Waals surface area contributed by atoms with Gasteiger partial charge in [0, 0.05) is 166 Å². The summed E-state index contributed by atoms with van der Waals surface area (Å²) in [7, 11) is 1.66. The second-order valence-electron chi connectivity index (χ2n) is 24.0. The van der Waals surface area contributed by atoms with Gasteiger partial charge in [0.2, 0.25) is 0 Å². The van der Waals surface area contributed by atoms with Gasteiger partial charge < -0.3 is 39.5 Å². The fourth-order valence-corrected chi connectivity index (χ4v) is 15.7. The smallest absolute Gasteiger partial charge is 0.256 e. The molecule has 94 heavy (non-hydrogen) atoms. The van der Waals surface area contributed by atoms with Crippen molar-refractivity contribution in [3.05, 3.63) is 256 Å². The summed E-state index contributed by atoms with van der Waals surface area (Å²) in [6.07, 6.45) is 0.670. The lowest BCUT2D eigenvalue weighted by molar-refractivity contribution is 0.0739. The zero-order valence-corrected chi connectivity index (χ0v) is 55.2. The molecular formula is C77H71N7O7S3. The van der Waals surface area contributed by atoms with Gasteiger partial charge in [0.25, 0.3) is 23.6 Å². The molecule has 0 spiro atoms. The van der Waals surface area contributed by atoms with Crippen molar-refractivity contribution >= 4 is 93.2 Å². The molecule has 3 fully saturated rings. The molecule has 1 N–H and O–H groups in total. The highest BCUT2D eigenvalue weighted by Crippen LogP contribution is 2.41. The fraction of sp³-hybridized carbons (Fsp3) is 0.221. The number of ether oxygens (including phenoxy) is 1. The number of ketones is 2. The van der Waals surface area contributed by atoms with Crippen LogP contribution in [-0.2, 0) is 12.8 Å². The Morgan fingerprint density at radius 1 is 0.372 bits per heavy atom. The minimum atomic E-state index is -0.149. The Labute approximate surface area is 561 Å². The minimum Gasteiger partial charge on any atom is -0.497 e.